The Balaban J connectivity index is 2.49. The largest absolute Gasteiger partial charge is 0.481 e. The Bertz CT molecular complexity index is 468. The molecule has 0 amide bonds. The van der Waals surface area contributed by atoms with E-state index in [2.05, 4.69) is 4.74 Å². The van der Waals surface area contributed by atoms with Gasteiger partial charge in [-0.1, -0.05) is 30.3 Å². The molecule has 1 N–H and O–H groups in total. The van der Waals surface area contributed by atoms with Crippen LogP contribution < -0.4 is 0 Å². The molecule has 0 saturated carbocycles. The second-order valence-electron chi connectivity index (χ2n) is 4.17. The Morgan fingerprint density at radius 1 is 1.15 bits per heavy atom. The van der Waals surface area contributed by atoms with Crippen LogP contribution in [-0.2, 0) is 30.5 Å². The lowest BCUT2D eigenvalue weighted by Gasteiger charge is -2.12. The van der Waals surface area contributed by atoms with Gasteiger partial charge in [0.2, 0.25) is 0 Å². The van der Waals surface area contributed by atoms with E-state index in [1.807, 2.05) is 18.2 Å². The standard InChI is InChI=1S/C14H16O6/c1-19-14(18)11(7-12(15)16)8-13(17)20-9-10-5-3-2-4-6-10/h2-6,11H,7-9H2,1H3,(H,15,16)/t11-/m1/s1. The highest BCUT2D eigenvalue weighted by molar-refractivity contribution is 5.83. The third-order valence-electron chi connectivity index (χ3n) is 2.61. The quantitative estimate of drug-likeness (QED) is 0.759. The van der Waals surface area contributed by atoms with Crippen LogP contribution in [0.3, 0.4) is 0 Å². The van der Waals surface area contributed by atoms with Crippen molar-refractivity contribution < 1.29 is 29.0 Å². The molecule has 1 rings (SSSR count). The fourth-order valence-corrected chi connectivity index (χ4v) is 1.61. The predicted molar refractivity (Wildman–Crippen MR) is 68.6 cm³/mol. The lowest BCUT2D eigenvalue weighted by atomic mass is 10.0. The van der Waals surface area contributed by atoms with Gasteiger partial charge in [-0.2, -0.15) is 0 Å². The highest BCUT2D eigenvalue weighted by Gasteiger charge is 2.26. The molecular formula is C14H16O6. The van der Waals surface area contributed by atoms with Gasteiger partial charge in [0, 0.05) is 0 Å². The summed E-state index contributed by atoms with van der Waals surface area (Å²) in [5, 5.41) is 8.69. The summed E-state index contributed by atoms with van der Waals surface area (Å²) in [4.78, 5) is 33.6. The molecular weight excluding hydrogens is 264 g/mol. The third-order valence-corrected chi connectivity index (χ3v) is 2.61. The molecule has 0 spiro atoms. The maximum atomic E-state index is 11.6. The molecule has 0 radical (unpaired) electrons. The van der Waals surface area contributed by atoms with Crippen LogP contribution in [0.15, 0.2) is 30.3 Å². The van der Waals surface area contributed by atoms with Crippen molar-refractivity contribution in [3.05, 3.63) is 35.9 Å². The lowest BCUT2D eigenvalue weighted by Crippen LogP contribution is -2.23. The summed E-state index contributed by atoms with van der Waals surface area (Å²) in [5.74, 6) is -3.56. The Kier molecular flexibility index (Phi) is 6.22. The zero-order valence-corrected chi connectivity index (χ0v) is 11.1. The Hall–Kier alpha value is -2.37. The molecule has 0 saturated heterocycles. The topological polar surface area (TPSA) is 89.9 Å². The van der Waals surface area contributed by atoms with Crippen LogP contribution in [0.1, 0.15) is 18.4 Å². The second-order valence-corrected chi connectivity index (χ2v) is 4.17. The number of hydrogen-bond donors (Lipinski definition) is 1. The summed E-state index contributed by atoms with van der Waals surface area (Å²) in [7, 11) is 1.15. The minimum Gasteiger partial charge on any atom is -0.481 e. The van der Waals surface area contributed by atoms with E-state index >= 15 is 0 Å². The van der Waals surface area contributed by atoms with Gasteiger partial charge in [0.1, 0.15) is 6.61 Å². The van der Waals surface area contributed by atoms with Crippen molar-refractivity contribution >= 4 is 17.9 Å². The molecule has 0 aromatic heterocycles. The third kappa shape index (κ3) is 5.51. The fraction of sp³-hybridized carbons (Fsp3) is 0.357. The van der Waals surface area contributed by atoms with E-state index in [0.717, 1.165) is 12.7 Å². The van der Waals surface area contributed by atoms with Gasteiger partial charge < -0.3 is 14.6 Å². The highest BCUT2D eigenvalue weighted by atomic mass is 16.5. The number of carbonyl (C=O) groups is 3. The van der Waals surface area contributed by atoms with Gasteiger partial charge in [-0.3, -0.25) is 14.4 Å². The van der Waals surface area contributed by atoms with Crippen molar-refractivity contribution in [1.29, 1.82) is 0 Å². The summed E-state index contributed by atoms with van der Waals surface area (Å²) in [5.41, 5.74) is 0.814. The molecule has 0 aliphatic rings. The van der Waals surface area contributed by atoms with E-state index in [0.29, 0.717) is 0 Å². The summed E-state index contributed by atoms with van der Waals surface area (Å²) < 4.78 is 9.46. The number of carboxylic acids is 1. The van der Waals surface area contributed by atoms with E-state index < -0.39 is 30.2 Å². The number of carboxylic acid groups (broad SMARTS) is 1. The van der Waals surface area contributed by atoms with E-state index in [1.54, 1.807) is 12.1 Å². The number of ether oxygens (including phenoxy) is 2. The van der Waals surface area contributed by atoms with Crippen LogP contribution in [0.2, 0.25) is 0 Å². The maximum absolute atomic E-state index is 11.6. The van der Waals surface area contributed by atoms with Gasteiger partial charge in [0.05, 0.1) is 25.9 Å². The number of benzene rings is 1. The number of hydrogen-bond acceptors (Lipinski definition) is 5. The number of methoxy groups -OCH3 is 1. The van der Waals surface area contributed by atoms with Crippen LogP contribution in [0.4, 0.5) is 0 Å². The summed E-state index contributed by atoms with van der Waals surface area (Å²) in [6.45, 7) is 0.0840. The molecule has 1 aromatic rings. The van der Waals surface area contributed by atoms with Gasteiger partial charge in [0.25, 0.3) is 0 Å². The summed E-state index contributed by atoms with van der Waals surface area (Å²) >= 11 is 0. The number of rotatable bonds is 7. The minimum absolute atomic E-state index is 0.0840. The van der Waals surface area contributed by atoms with Crippen molar-refractivity contribution in [3.63, 3.8) is 0 Å². The molecule has 0 aliphatic heterocycles. The fourth-order valence-electron chi connectivity index (χ4n) is 1.61. The smallest absolute Gasteiger partial charge is 0.309 e. The van der Waals surface area contributed by atoms with Gasteiger partial charge >= 0.3 is 17.9 Å². The SMILES string of the molecule is COC(=O)[C@H](CC(=O)O)CC(=O)OCc1ccccc1. The monoisotopic (exact) mass is 280 g/mol. The van der Waals surface area contributed by atoms with Crippen molar-refractivity contribution in [3.8, 4) is 0 Å². The van der Waals surface area contributed by atoms with Gasteiger partial charge in [0.15, 0.2) is 0 Å². The van der Waals surface area contributed by atoms with E-state index in [4.69, 9.17) is 9.84 Å². The van der Waals surface area contributed by atoms with Crippen LogP contribution in [-0.4, -0.2) is 30.1 Å². The molecule has 108 valence electrons. The van der Waals surface area contributed by atoms with Crippen LogP contribution in [0.25, 0.3) is 0 Å². The first kappa shape index (κ1) is 15.7. The highest BCUT2D eigenvalue weighted by Crippen LogP contribution is 2.13. The number of carbonyl (C=O) groups excluding carboxylic acids is 2. The Morgan fingerprint density at radius 2 is 1.80 bits per heavy atom. The summed E-state index contributed by atoms with van der Waals surface area (Å²) in [6.07, 6.45) is -0.779. The average Bonchev–Trinajstić information content (AvgIpc) is 2.44. The van der Waals surface area contributed by atoms with Crippen LogP contribution in [0, 0.1) is 5.92 Å². The van der Waals surface area contributed by atoms with Crippen molar-refractivity contribution in [2.24, 2.45) is 5.92 Å². The zero-order chi connectivity index (χ0) is 15.0. The maximum Gasteiger partial charge on any atom is 0.309 e. The molecule has 0 aliphatic carbocycles. The van der Waals surface area contributed by atoms with Crippen molar-refractivity contribution in [2.75, 3.05) is 7.11 Å². The first-order valence-corrected chi connectivity index (χ1v) is 6.02. The van der Waals surface area contributed by atoms with Crippen molar-refractivity contribution in [1.82, 2.24) is 0 Å². The Labute approximate surface area is 116 Å². The van der Waals surface area contributed by atoms with Crippen LogP contribution in [0.5, 0.6) is 0 Å². The van der Waals surface area contributed by atoms with E-state index in [-0.39, 0.29) is 13.0 Å². The summed E-state index contributed by atoms with van der Waals surface area (Å²) in [6, 6.07) is 9.05. The number of esters is 2. The molecule has 6 nitrogen and oxygen atoms in total. The predicted octanol–water partition coefficient (Wildman–Crippen LogP) is 1.38. The zero-order valence-electron chi connectivity index (χ0n) is 11.1. The van der Waals surface area contributed by atoms with Gasteiger partial charge in [-0.25, -0.2) is 0 Å². The first-order valence-electron chi connectivity index (χ1n) is 6.02. The molecule has 0 heterocycles. The normalized spacial score (nSPS) is 11.4. The Morgan fingerprint density at radius 3 is 2.35 bits per heavy atom. The molecule has 0 bridgehead atoms. The molecule has 0 fully saturated rings. The first-order chi connectivity index (χ1) is 9.52. The average molecular weight is 280 g/mol. The number of aliphatic carboxylic acids is 1. The molecule has 20 heavy (non-hydrogen) atoms. The van der Waals surface area contributed by atoms with Crippen LogP contribution >= 0.6 is 0 Å². The van der Waals surface area contributed by atoms with Crippen molar-refractivity contribution in [2.45, 2.75) is 19.4 Å². The molecule has 6 heteroatoms. The van der Waals surface area contributed by atoms with Gasteiger partial charge in [-0.15, -0.1) is 0 Å². The lowest BCUT2D eigenvalue weighted by molar-refractivity contribution is -0.156. The van der Waals surface area contributed by atoms with Gasteiger partial charge in [-0.05, 0) is 5.56 Å². The molecule has 1 aromatic carbocycles. The van der Waals surface area contributed by atoms with E-state index in [1.165, 1.54) is 0 Å². The second kappa shape index (κ2) is 7.93. The molecule has 1 atom stereocenters. The molecule has 0 unspecified atom stereocenters. The minimum atomic E-state index is -1.17. The van der Waals surface area contributed by atoms with E-state index in [9.17, 15) is 14.4 Å².